The van der Waals surface area contributed by atoms with E-state index in [-0.39, 0.29) is 17.4 Å². The molecule has 0 heterocycles. The van der Waals surface area contributed by atoms with E-state index < -0.39 is 10.8 Å². The molecule has 0 aliphatic carbocycles. The van der Waals surface area contributed by atoms with Crippen LogP contribution in [0.5, 0.6) is 0 Å². The van der Waals surface area contributed by atoms with Crippen LogP contribution in [-0.4, -0.2) is 24.5 Å². The maximum absolute atomic E-state index is 11.5. The molecule has 2 aromatic carbocycles. The number of primary amides is 1. The Morgan fingerprint density at radius 1 is 1.30 bits per heavy atom. The number of nitrogens with one attached hydrogen (secondary N) is 1. The second-order valence-electron chi connectivity index (χ2n) is 4.87. The van der Waals surface area contributed by atoms with Gasteiger partial charge in [-0.2, -0.15) is 0 Å². The highest BCUT2D eigenvalue weighted by Gasteiger charge is 2.16. The van der Waals surface area contributed by atoms with E-state index in [4.69, 9.17) is 10.5 Å². The van der Waals surface area contributed by atoms with Crippen LogP contribution in [0.1, 0.15) is 22.0 Å². The third kappa shape index (κ3) is 4.04. The number of benzene rings is 2. The smallest absolute Gasteiger partial charge is 0.270 e. The monoisotopic (exact) mass is 315 g/mol. The topological polar surface area (TPSA) is 107 Å². The van der Waals surface area contributed by atoms with Crippen molar-refractivity contribution in [2.75, 3.05) is 19.0 Å². The fourth-order valence-electron chi connectivity index (χ4n) is 2.21. The van der Waals surface area contributed by atoms with Gasteiger partial charge in [0.1, 0.15) is 0 Å². The molecule has 0 saturated carbocycles. The highest BCUT2D eigenvalue weighted by atomic mass is 16.6. The Labute approximate surface area is 133 Å². The lowest BCUT2D eigenvalue weighted by molar-refractivity contribution is -0.384. The number of carbonyl (C=O) groups excluding carboxylic acids is 1. The Morgan fingerprint density at radius 2 is 2.00 bits per heavy atom. The number of carbonyl (C=O) groups is 1. The maximum atomic E-state index is 11.5. The van der Waals surface area contributed by atoms with E-state index in [1.807, 2.05) is 30.3 Å². The van der Waals surface area contributed by atoms with Gasteiger partial charge in [0, 0.05) is 31.5 Å². The van der Waals surface area contributed by atoms with Crippen LogP contribution < -0.4 is 11.1 Å². The van der Waals surface area contributed by atoms with Gasteiger partial charge in [-0.1, -0.05) is 30.3 Å². The molecular weight excluding hydrogens is 298 g/mol. The number of non-ortho nitro benzene ring substituents is 1. The van der Waals surface area contributed by atoms with Crippen LogP contribution in [0, 0.1) is 10.1 Å². The van der Waals surface area contributed by atoms with Crippen molar-refractivity contribution >= 4 is 17.3 Å². The summed E-state index contributed by atoms with van der Waals surface area (Å²) in [5.74, 6) is -0.732. The number of nitro groups is 1. The van der Waals surface area contributed by atoms with E-state index >= 15 is 0 Å². The zero-order valence-electron chi connectivity index (χ0n) is 12.6. The third-order valence-corrected chi connectivity index (χ3v) is 3.41. The molecule has 7 nitrogen and oxygen atoms in total. The predicted molar refractivity (Wildman–Crippen MR) is 86.3 cm³/mol. The van der Waals surface area contributed by atoms with Gasteiger partial charge in [-0.3, -0.25) is 14.9 Å². The van der Waals surface area contributed by atoms with Crippen LogP contribution in [0.4, 0.5) is 11.4 Å². The van der Waals surface area contributed by atoms with Crippen LogP contribution in [0.15, 0.2) is 48.5 Å². The Hall–Kier alpha value is -2.93. The van der Waals surface area contributed by atoms with Gasteiger partial charge in [-0.15, -0.1) is 0 Å². The summed E-state index contributed by atoms with van der Waals surface area (Å²) >= 11 is 0. The summed E-state index contributed by atoms with van der Waals surface area (Å²) in [5, 5.41) is 13.9. The average Bonchev–Trinajstić information content (AvgIpc) is 2.56. The van der Waals surface area contributed by atoms with Gasteiger partial charge in [0.25, 0.3) is 11.6 Å². The normalized spacial score (nSPS) is 11.7. The zero-order valence-corrected chi connectivity index (χ0v) is 12.6. The molecule has 7 heteroatoms. The van der Waals surface area contributed by atoms with Crippen LogP contribution in [0.25, 0.3) is 0 Å². The molecule has 0 spiro atoms. The van der Waals surface area contributed by atoms with Gasteiger partial charge >= 0.3 is 0 Å². The molecule has 120 valence electrons. The summed E-state index contributed by atoms with van der Waals surface area (Å²) in [6.45, 7) is 0.388. The van der Waals surface area contributed by atoms with Gasteiger partial charge in [0.05, 0.1) is 16.6 Å². The molecule has 0 saturated heterocycles. The van der Waals surface area contributed by atoms with Crippen molar-refractivity contribution in [1.29, 1.82) is 0 Å². The number of anilines is 1. The molecule has 0 radical (unpaired) electrons. The second-order valence-corrected chi connectivity index (χ2v) is 4.87. The lowest BCUT2D eigenvalue weighted by Crippen LogP contribution is -2.19. The molecule has 2 aromatic rings. The molecule has 0 aliphatic rings. The number of ether oxygens (including phenoxy) is 1. The lowest BCUT2D eigenvalue weighted by atomic mass is 10.1. The molecule has 0 unspecified atom stereocenters. The molecule has 1 atom stereocenters. The fraction of sp³-hybridized carbons (Fsp3) is 0.188. The summed E-state index contributed by atoms with van der Waals surface area (Å²) in [4.78, 5) is 21.7. The zero-order chi connectivity index (χ0) is 16.8. The number of methoxy groups -OCH3 is 1. The van der Waals surface area contributed by atoms with Gasteiger partial charge in [0.2, 0.25) is 0 Å². The number of hydrogen-bond acceptors (Lipinski definition) is 5. The minimum atomic E-state index is -0.732. The number of nitrogens with zero attached hydrogens (tertiary/aromatic N) is 1. The van der Waals surface area contributed by atoms with Gasteiger partial charge in [0.15, 0.2) is 0 Å². The Kier molecular flexibility index (Phi) is 5.27. The summed E-state index contributed by atoms with van der Waals surface area (Å²) in [7, 11) is 1.59. The van der Waals surface area contributed by atoms with Crippen molar-refractivity contribution in [3.63, 3.8) is 0 Å². The molecule has 23 heavy (non-hydrogen) atoms. The average molecular weight is 315 g/mol. The van der Waals surface area contributed by atoms with Crippen molar-refractivity contribution in [3.8, 4) is 0 Å². The molecular formula is C16H17N3O4. The Morgan fingerprint density at radius 3 is 2.57 bits per heavy atom. The molecule has 2 rings (SSSR count). The van der Waals surface area contributed by atoms with Crippen molar-refractivity contribution in [2.45, 2.75) is 6.10 Å². The third-order valence-electron chi connectivity index (χ3n) is 3.41. The van der Waals surface area contributed by atoms with Gasteiger partial charge in [-0.25, -0.2) is 0 Å². The van der Waals surface area contributed by atoms with E-state index in [9.17, 15) is 14.9 Å². The minimum absolute atomic E-state index is 0.0714. The highest BCUT2D eigenvalue weighted by molar-refractivity contribution is 5.99. The molecule has 1 amide bonds. The van der Waals surface area contributed by atoms with Gasteiger partial charge in [-0.05, 0) is 11.6 Å². The first-order valence-electron chi connectivity index (χ1n) is 6.92. The lowest BCUT2D eigenvalue weighted by Gasteiger charge is -2.18. The Balaban J connectivity index is 2.19. The van der Waals surface area contributed by atoms with Crippen LogP contribution in [0.3, 0.4) is 0 Å². The highest BCUT2D eigenvalue weighted by Crippen LogP contribution is 2.23. The first-order valence-corrected chi connectivity index (χ1v) is 6.92. The van der Waals surface area contributed by atoms with Gasteiger partial charge < -0.3 is 15.8 Å². The molecule has 0 aliphatic heterocycles. The number of amides is 1. The van der Waals surface area contributed by atoms with Crippen molar-refractivity contribution < 1.29 is 14.5 Å². The van der Waals surface area contributed by atoms with Crippen molar-refractivity contribution in [3.05, 3.63) is 69.8 Å². The Bertz CT molecular complexity index is 704. The van der Waals surface area contributed by atoms with Crippen molar-refractivity contribution in [2.24, 2.45) is 5.73 Å². The standard InChI is InChI=1S/C16H17N3O4/c1-23-15(11-5-3-2-4-6-11)10-18-14-8-7-12(19(21)22)9-13(14)16(17)20/h2-9,15,18H,10H2,1H3,(H2,17,20)/t15-/m1/s1. The summed E-state index contributed by atoms with van der Waals surface area (Å²) < 4.78 is 5.43. The number of nitro benzene ring substituents is 1. The molecule has 0 bridgehead atoms. The largest absolute Gasteiger partial charge is 0.381 e. The number of nitrogens with two attached hydrogens (primary N) is 1. The quantitative estimate of drug-likeness (QED) is 0.603. The van der Waals surface area contributed by atoms with Crippen molar-refractivity contribution in [1.82, 2.24) is 0 Å². The molecule has 3 N–H and O–H groups in total. The van der Waals surface area contributed by atoms with E-state index in [1.54, 1.807) is 7.11 Å². The summed E-state index contributed by atoms with van der Waals surface area (Å²) in [6, 6.07) is 13.5. The maximum Gasteiger partial charge on any atom is 0.270 e. The van der Waals surface area contributed by atoms with E-state index in [0.29, 0.717) is 12.2 Å². The SMILES string of the molecule is CO[C@H](CNc1ccc([N+](=O)[O-])cc1C(N)=O)c1ccccc1. The van der Waals surface area contributed by atoms with E-state index in [0.717, 1.165) is 11.6 Å². The fourth-order valence-corrected chi connectivity index (χ4v) is 2.21. The first kappa shape index (κ1) is 16.4. The van der Waals surface area contributed by atoms with Crippen LogP contribution in [-0.2, 0) is 4.74 Å². The molecule has 0 fully saturated rings. The summed E-state index contributed by atoms with van der Waals surface area (Å²) in [5.41, 5.74) is 6.60. The first-order chi connectivity index (χ1) is 11.0. The second kappa shape index (κ2) is 7.37. The van der Waals surface area contributed by atoms with Crippen LogP contribution in [0.2, 0.25) is 0 Å². The summed E-state index contributed by atoms with van der Waals surface area (Å²) in [6.07, 6.45) is -0.230. The minimum Gasteiger partial charge on any atom is -0.381 e. The molecule has 0 aromatic heterocycles. The number of hydrogen-bond donors (Lipinski definition) is 2. The van der Waals surface area contributed by atoms with Crippen LogP contribution >= 0.6 is 0 Å². The number of rotatable bonds is 7. The van der Waals surface area contributed by atoms with E-state index in [2.05, 4.69) is 5.32 Å². The predicted octanol–water partition coefficient (Wildman–Crippen LogP) is 2.49. The van der Waals surface area contributed by atoms with E-state index in [1.165, 1.54) is 12.1 Å².